The third-order valence-electron chi connectivity index (χ3n) is 2.67. The van der Waals surface area contributed by atoms with Crippen molar-refractivity contribution < 1.29 is 29.0 Å². The Labute approximate surface area is 117 Å². The third-order valence-corrected chi connectivity index (χ3v) is 2.67. The Bertz CT molecular complexity index is 356. The SMILES string of the molecule is CN(CCOCC1CC1)C(=O)NC(=O)COCC(=O)O. The smallest absolute Gasteiger partial charge is 0.329 e. The summed E-state index contributed by atoms with van der Waals surface area (Å²) in [5, 5.41) is 10.4. The van der Waals surface area contributed by atoms with Gasteiger partial charge in [0.1, 0.15) is 13.2 Å². The zero-order valence-electron chi connectivity index (χ0n) is 11.5. The van der Waals surface area contributed by atoms with Crippen molar-refractivity contribution in [3.8, 4) is 0 Å². The van der Waals surface area contributed by atoms with Gasteiger partial charge in [-0.2, -0.15) is 0 Å². The largest absolute Gasteiger partial charge is 0.480 e. The molecule has 0 saturated heterocycles. The van der Waals surface area contributed by atoms with Crippen LogP contribution in [0.5, 0.6) is 0 Å². The molecular weight excluding hydrogens is 268 g/mol. The number of ether oxygens (including phenoxy) is 2. The van der Waals surface area contributed by atoms with Crippen LogP contribution in [0.15, 0.2) is 0 Å². The fourth-order valence-corrected chi connectivity index (χ4v) is 1.32. The minimum Gasteiger partial charge on any atom is -0.480 e. The fourth-order valence-electron chi connectivity index (χ4n) is 1.32. The summed E-state index contributed by atoms with van der Waals surface area (Å²) < 4.78 is 9.94. The van der Waals surface area contributed by atoms with E-state index >= 15 is 0 Å². The summed E-state index contributed by atoms with van der Waals surface area (Å²) in [6, 6.07) is -0.566. The molecule has 3 amide bonds. The Morgan fingerprint density at radius 1 is 1.25 bits per heavy atom. The molecule has 0 heterocycles. The van der Waals surface area contributed by atoms with Crippen molar-refractivity contribution in [3.05, 3.63) is 0 Å². The first-order valence-electron chi connectivity index (χ1n) is 6.41. The summed E-state index contributed by atoms with van der Waals surface area (Å²) in [5.41, 5.74) is 0. The average molecular weight is 288 g/mol. The molecule has 1 saturated carbocycles. The van der Waals surface area contributed by atoms with Gasteiger partial charge in [0.15, 0.2) is 0 Å². The van der Waals surface area contributed by atoms with Gasteiger partial charge in [0, 0.05) is 20.2 Å². The molecule has 8 nitrogen and oxygen atoms in total. The van der Waals surface area contributed by atoms with Crippen molar-refractivity contribution in [2.75, 3.05) is 40.0 Å². The van der Waals surface area contributed by atoms with Crippen LogP contribution in [-0.4, -0.2) is 67.9 Å². The van der Waals surface area contributed by atoms with E-state index in [4.69, 9.17) is 9.84 Å². The van der Waals surface area contributed by atoms with Crippen LogP contribution in [0.25, 0.3) is 0 Å². The van der Waals surface area contributed by atoms with Crippen LogP contribution in [0.4, 0.5) is 4.79 Å². The van der Waals surface area contributed by atoms with Crippen LogP contribution in [0.1, 0.15) is 12.8 Å². The van der Waals surface area contributed by atoms with Gasteiger partial charge in [0.2, 0.25) is 0 Å². The minimum atomic E-state index is -1.17. The summed E-state index contributed by atoms with van der Waals surface area (Å²) in [5.74, 6) is -1.18. The standard InChI is InChI=1S/C12H20N2O6/c1-14(4-5-19-6-9-2-3-9)12(18)13-10(15)7-20-8-11(16)17/h9H,2-8H2,1H3,(H,16,17)(H,13,15,18). The zero-order valence-corrected chi connectivity index (χ0v) is 11.5. The zero-order chi connectivity index (χ0) is 15.0. The summed E-state index contributed by atoms with van der Waals surface area (Å²) >= 11 is 0. The first-order chi connectivity index (χ1) is 9.49. The van der Waals surface area contributed by atoms with Gasteiger partial charge in [0.05, 0.1) is 6.61 Å². The highest BCUT2D eigenvalue weighted by atomic mass is 16.5. The lowest BCUT2D eigenvalue weighted by Crippen LogP contribution is -2.43. The number of rotatable bonds is 9. The second-order valence-electron chi connectivity index (χ2n) is 4.68. The maximum atomic E-state index is 11.6. The van der Waals surface area contributed by atoms with Crippen LogP contribution >= 0.6 is 0 Å². The molecule has 0 aromatic rings. The number of amides is 3. The number of hydrogen-bond acceptors (Lipinski definition) is 5. The fraction of sp³-hybridized carbons (Fsp3) is 0.750. The van der Waals surface area contributed by atoms with E-state index in [1.807, 2.05) is 0 Å². The molecule has 0 unspecified atom stereocenters. The highest BCUT2D eigenvalue weighted by Crippen LogP contribution is 2.28. The summed E-state index contributed by atoms with van der Waals surface area (Å²) in [4.78, 5) is 34.3. The lowest BCUT2D eigenvalue weighted by Gasteiger charge is -2.17. The first-order valence-corrected chi connectivity index (χ1v) is 6.41. The lowest BCUT2D eigenvalue weighted by atomic mass is 10.5. The Morgan fingerprint density at radius 2 is 1.95 bits per heavy atom. The number of likely N-dealkylation sites (N-methyl/N-ethyl adjacent to an activating group) is 1. The number of hydrogen-bond donors (Lipinski definition) is 2. The van der Waals surface area contributed by atoms with Gasteiger partial charge in [-0.05, 0) is 18.8 Å². The third kappa shape index (κ3) is 7.70. The van der Waals surface area contributed by atoms with Crippen LogP contribution in [0.2, 0.25) is 0 Å². The van der Waals surface area contributed by atoms with Crippen molar-refractivity contribution in [2.24, 2.45) is 5.92 Å². The molecule has 0 atom stereocenters. The van der Waals surface area contributed by atoms with Crippen molar-refractivity contribution in [2.45, 2.75) is 12.8 Å². The van der Waals surface area contributed by atoms with E-state index in [0.717, 1.165) is 6.61 Å². The molecule has 114 valence electrons. The molecular formula is C12H20N2O6. The number of aliphatic carboxylic acids is 1. The molecule has 0 radical (unpaired) electrons. The van der Waals surface area contributed by atoms with Crippen molar-refractivity contribution >= 4 is 17.9 Å². The van der Waals surface area contributed by atoms with Crippen LogP contribution in [0.3, 0.4) is 0 Å². The highest BCUT2D eigenvalue weighted by Gasteiger charge is 2.21. The van der Waals surface area contributed by atoms with Gasteiger partial charge in [-0.3, -0.25) is 10.1 Å². The Hall–Kier alpha value is -1.67. The Kier molecular flexibility index (Phi) is 6.96. The van der Waals surface area contributed by atoms with E-state index in [2.05, 4.69) is 10.1 Å². The van der Waals surface area contributed by atoms with Crippen LogP contribution in [0, 0.1) is 5.92 Å². The number of nitrogens with one attached hydrogen (secondary N) is 1. The highest BCUT2D eigenvalue weighted by molar-refractivity contribution is 5.94. The van der Waals surface area contributed by atoms with Crippen molar-refractivity contribution in [1.29, 1.82) is 0 Å². The molecule has 0 aromatic carbocycles. The molecule has 2 N–H and O–H groups in total. The van der Waals surface area contributed by atoms with Crippen LogP contribution < -0.4 is 5.32 Å². The number of carbonyl (C=O) groups is 3. The second-order valence-corrected chi connectivity index (χ2v) is 4.68. The van der Waals surface area contributed by atoms with Gasteiger partial charge in [-0.15, -0.1) is 0 Å². The number of carboxylic acid groups (broad SMARTS) is 1. The van der Waals surface area contributed by atoms with Crippen molar-refractivity contribution in [3.63, 3.8) is 0 Å². The summed E-state index contributed by atoms with van der Waals surface area (Å²) in [6.07, 6.45) is 2.42. The van der Waals surface area contributed by atoms with Gasteiger partial charge in [-0.25, -0.2) is 9.59 Å². The molecule has 0 bridgehead atoms. The van der Waals surface area contributed by atoms with Crippen molar-refractivity contribution in [1.82, 2.24) is 10.2 Å². The predicted octanol–water partition coefficient (Wildman–Crippen LogP) is -0.318. The quantitative estimate of drug-likeness (QED) is 0.563. The number of urea groups is 1. The number of imide groups is 1. The second kappa shape index (κ2) is 8.49. The van der Waals surface area contributed by atoms with Gasteiger partial charge >= 0.3 is 12.0 Å². The molecule has 0 aliphatic heterocycles. The average Bonchev–Trinajstić information content (AvgIpc) is 3.17. The first kappa shape index (κ1) is 16.4. The number of nitrogens with zero attached hydrogens (tertiary/aromatic N) is 1. The van der Waals surface area contributed by atoms with E-state index in [0.29, 0.717) is 19.1 Å². The predicted molar refractivity (Wildman–Crippen MR) is 68.2 cm³/mol. The molecule has 1 aliphatic carbocycles. The summed E-state index contributed by atoms with van der Waals surface area (Å²) in [6.45, 7) is 0.472. The van der Waals surface area contributed by atoms with Gasteiger partial charge < -0.3 is 19.5 Å². The van der Waals surface area contributed by atoms with Gasteiger partial charge in [0.25, 0.3) is 5.91 Å². The molecule has 0 spiro atoms. The molecule has 1 aliphatic rings. The van der Waals surface area contributed by atoms with Gasteiger partial charge in [-0.1, -0.05) is 0 Å². The monoisotopic (exact) mass is 288 g/mol. The van der Waals surface area contributed by atoms with Crippen LogP contribution in [-0.2, 0) is 19.1 Å². The minimum absolute atomic E-state index is 0.377. The molecule has 1 fully saturated rings. The lowest BCUT2D eigenvalue weighted by molar-refractivity contribution is -0.143. The normalized spacial score (nSPS) is 13.8. The van der Waals surface area contributed by atoms with E-state index in [1.165, 1.54) is 17.7 Å². The van der Waals surface area contributed by atoms with E-state index in [-0.39, 0.29) is 0 Å². The molecule has 8 heteroatoms. The molecule has 20 heavy (non-hydrogen) atoms. The Balaban J connectivity index is 2.06. The summed E-state index contributed by atoms with van der Waals surface area (Å²) in [7, 11) is 1.54. The molecule has 0 aromatic heterocycles. The maximum absolute atomic E-state index is 11.6. The maximum Gasteiger partial charge on any atom is 0.329 e. The number of carboxylic acids is 1. The van der Waals surface area contributed by atoms with E-state index in [1.54, 1.807) is 7.05 Å². The number of carbonyl (C=O) groups excluding carboxylic acids is 2. The van der Waals surface area contributed by atoms with E-state index in [9.17, 15) is 14.4 Å². The molecule has 1 rings (SSSR count). The van der Waals surface area contributed by atoms with E-state index < -0.39 is 31.1 Å². The topological polar surface area (TPSA) is 105 Å². The Morgan fingerprint density at radius 3 is 2.55 bits per heavy atom.